The van der Waals surface area contributed by atoms with Gasteiger partial charge >= 0.3 is 0 Å². The molecule has 0 radical (unpaired) electrons. The average molecular weight is 232 g/mol. The molecule has 0 amide bonds. The minimum Gasteiger partial charge on any atom is -0.385 e. The van der Waals surface area contributed by atoms with Crippen LogP contribution in [0.4, 0.5) is 5.69 Å². The molecule has 1 saturated heterocycles. The quantitative estimate of drug-likeness (QED) is 0.857. The summed E-state index contributed by atoms with van der Waals surface area (Å²) in [6.45, 7) is 4.52. The summed E-state index contributed by atoms with van der Waals surface area (Å²) in [5.41, 5.74) is 2.62. The minimum absolute atomic E-state index is 0.778. The Morgan fingerprint density at radius 2 is 2.12 bits per heavy atom. The van der Waals surface area contributed by atoms with E-state index in [1.807, 2.05) is 0 Å². The second-order valence-electron chi connectivity index (χ2n) is 5.16. The van der Waals surface area contributed by atoms with E-state index >= 15 is 0 Å². The summed E-state index contributed by atoms with van der Waals surface area (Å²) in [6.07, 6.45) is 5.40. The Morgan fingerprint density at radius 1 is 1.29 bits per heavy atom. The summed E-state index contributed by atoms with van der Waals surface area (Å²) >= 11 is 0. The van der Waals surface area contributed by atoms with Crippen LogP contribution in [-0.4, -0.2) is 31.1 Å². The Labute approximate surface area is 105 Å². The number of hydrogen-bond donors (Lipinski definition) is 1. The van der Waals surface area contributed by atoms with Gasteiger partial charge in [-0.1, -0.05) is 24.6 Å². The number of nitrogens with one attached hydrogen (secondary N) is 1. The molecule has 1 atom stereocenters. The van der Waals surface area contributed by atoms with Crippen LogP contribution in [0.5, 0.6) is 0 Å². The van der Waals surface area contributed by atoms with Crippen LogP contribution in [0.25, 0.3) is 0 Å². The lowest BCUT2D eigenvalue weighted by Crippen LogP contribution is -2.37. The van der Waals surface area contributed by atoms with E-state index < -0.39 is 0 Å². The van der Waals surface area contributed by atoms with Crippen molar-refractivity contribution < 1.29 is 0 Å². The smallest absolute Gasteiger partial charge is 0.0369 e. The van der Waals surface area contributed by atoms with Gasteiger partial charge in [-0.2, -0.15) is 0 Å². The number of hydrogen-bond acceptors (Lipinski definition) is 2. The van der Waals surface area contributed by atoms with Crippen molar-refractivity contribution in [3.05, 3.63) is 29.8 Å². The molecule has 1 aromatic rings. The predicted molar refractivity (Wildman–Crippen MR) is 74.6 cm³/mol. The normalized spacial score (nSPS) is 21.4. The summed E-state index contributed by atoms with van der Waals surface area (Å²) in [5, 5.41) is 3.55. The van der Waals surface area contributed by atoms with E-state index in [0.717, 1.165) is 12.6 Å². The summed E-state index contributed by atoms with van der Waals surface area (Å²) in [7, 11) is 2.26. The lowest BCUT2D eigenvalue weighted by atomic mass is 10.00. The van der Waals surface area contributed by atoms with Gasteiger partial charge in [0.25, 0.3) is 0 Å². The molecule has 0 aromatic heterocycles. The van der Waals surface area contributed by atoms with E-state index in [4.69, 9.17) is 0 Å². The largest absolute Gasteiger partial charge is 0.385 e. The van der Waals surface area contributed by atoms with E-state index in [1.165, 1.54) is 43.5 Å². The fourth-order valence-corrected chi connectivity index (χ4v) is 2.65. The standard InChI is InChI=1S/C15H24N2/c1-13-7-3-4-9-15(13)16-11-10-14-8-5-6-12-17(14)2/h3-4,7,9,14,16H,5-6,8,10-12H2,1-2H3. The van der Waals surface area contributed by atoms with Crippen LogP contribution in [-0.2, 0) is 0 Å². The lowest BCUT2D eigenvalue weighted by molar-refractivity contribution is 0.179. The molecule has 17 heavy (non-hydrogen) atoms. The SMILES string of the molecule is Cc1ccccc1NCCC1CCCCN1C. The fourth-order valence-electron chi connectivity index (χ4n) is 2.65. The molecular weight excluding hydrogens is 208 g/mol. The Balaban J connectivity index is 1.77. The zero-order valence-corrected chi connectivity index (χ0v) is 11.1. The number of nitrogens with zero attached hydrogens (tertiary/aromatic N) is 1. The summed E-state index contributed by atoms with van der Waals surface area (Å²) in [6, 6.07) is 9.30. The van der Waals surface area contributed by atoms with Crippen molar-refractivity contribution in [2.24, 2.45) is 0 Å². The maximum atomic E-state index is 3.55. The van der Waals surface area contributed by atoms with Gasteiger partial charge in [0.1, 0.15) is 0 Å². The molecule has 2 rings (SSSR count). The highest BCUT2D eigenvalue weighted by atomic mass is 15.1. The molecule has 0 saturated carbocycles. The van der Waals surface area contributed by atoms with Gasteiger partial charge in [-0.3, -0.25) is 0 Å². The maximum Gasteiger partial charge on any atom is 0.0369 e. The molecule has 1 aromatic carbocycles. The van der Waals surface area contributed by atoms with Crippen LogP contribution in [0.2, 0.25) is 0 Å². The summed E-state index contributed by atoms with van der Waals surface area (Å²) in [5.74, 6) is 0. The van der Waals surface area contributed by atoms with Gasteiger partial charge in [0, 0.05) is 18.3 Å². The number of anilines is 1. The zero-order chi connectivity index (χ0) is 12.1. The fraction of sp³-hybridized carbons (Fsp3) is 0.600. The van der Waals surface area contributed by atoms with Crippen molar-refractivity contribution in [3.8, 4) is 0 Å². The molecule has 1 unspecified atom stereocenters. The first-order chi connectivity index (χ1) is 8.27. The van der Waals surface area contributed by atoms with Crippen LogP contribution in [0.15, 0.2) is 24.3 Å². The van der Waals surface area contributed by atoms with Gasteiger partial charge in [-0.25, -0.2) is 0 Å². The van der Waals surface area contributed by atoms with Crippen LogP contribution in [0.3, 0.4) is 0 Å². The first-order valence-corrected chi connectivity index (χ1v) is 6.77. The molecule has 1 fully saturated rings. The topological polar surface area (TPSA) is 15.3 Å². The molecule has 1 heterocycles. The molecule has 1 aliphatic heterocycles. The van der Waals surface area contributed by atoms with E-state index in [-0.39, 0.29) is 0 Å². The minimum atomic E-state index is 0.778. The third-order valence-electron chi connectivity index (χ3n) is 3.86. The average Bonchev–Trinajstić information content (AvgIpc) is 2.34. The molecule has 2 heteroatoms. The summed E-state index contributed by atoms with van der Waals surface area (Å²) < 4.78 is 0. The number of piperidine rings is 1. The lowest BCUT2D eigenvalue weighted by Gasteiger charge is -2.32. The van der Waals surface area contributed by atoms with Crippen LogP contribution < -0.4 is 5.32 Å². The van der Waals surface area contributed by atoms with Crippen molar-refractivity contribution in [3.63, 3.8) is 0 Å². The summed E-state index contributed by atoms with van der Waals surface area (Å²) in [4.78, 5) is 2.52. The molecule has 1 N–H and O–H groups in total. The number of rotatable bonds is 4. The highest BCUT2D eigenvalue weighted by Gasteiger charge is 2.17. The zero-order valence-electron chi connectivity index (χ0n) is 11.1. The molecule has 2 nitrogen and oxygen atoms in total. The maximum absolute atomic E-state index is 3.55. The van der Waals surface area contributed by atoms with E-state index in [9.17, 15) is 0 Å². The second kappa shape index (κ2) is 6.06. The van der Waals surface area contributed by atoms with Crippen molar-refractivity contribution in [1.29, 1.82) is 0 Å². The van der Waals surface area contributed by atoms with Gasteiger partial charge in [0.2, 0.25) is 0 Å². The van der Waals surface area contributed by atoms with Gasteiger partial charge in [0.05, 0.1) is 0 Å². The van der Waals surface area contributed by atoms with Gasteiger partial charge in [-0.15, -0.1) is 0 Å². The molecule has 0 bridgehead atoms. The Bertz CT molecular complexity index is 349. The van der Waals surface area contributed by atoms with Crippen molar-refractivity contribution in [2.45, 2.75) is 38.6 Å². The van der Waals surface area contributed by atoms with Crippen molar-refractivity contribution >= 4 is 5.69 Å². The molecule has 0 aliphatic carbocycles. The van der Waals surface area contributed by atoms with E-state index in [2.05, 4.69) is 48.5 Å². The first kappa shape index (κ1) is 12.4. The molecule has 94 valence electrons. The predicted octanol–water partition coefficient (Wildman–Crippen LogP) is 3.28. The first-order valence-electron chi connectivity index (χ1n) is 6.77. The highest BCUT2D eigenvalue weighted by molar-refractivity contribution is 5.50. The van der Waals surface area contributed by atoms with E-state index in [1.54, 1.807) is 0 Å². The van der Waals surface area contributed by atoms with Crippen LogP contribution in [0, 0.1) is 6.92 Å². The number of para-hydroxylation sites is 1. The Morgan fingerprint density at radius 3 is 2.88 bits per heavy atom. The van der Waals surface area contributed by atoms with Crippen LogP contribution in [0.1, 0.15) is 31.2 Å². The monoisotopic (exact) mass is 232 g/mol. The molecule has 1 aliphatic rings. The third-order valence-corrected chi connectivity index (χ3v) is 3.86. The number of aryl methyl sites for hydroxylation is 1. The Kier molecular flexibility index (Phi) is 4.43. The van der Waals surface area contributed by atoms with Gasteiger partial charge in [-0.05, 0) is 51.4 Å². The number of likely N-dealkylation sites (tertiary alicyclic amines) is 1. The van der Waals surface area contributed by atoms with Gasteiger partial charge in [0.15, 0.2) is 0 Å². The highest BCUT2D eigenvalue weighted by Crippen LogP contribution is 2.18. The van der Waals surface area contributed by atoms with Crippen molar-refractivity contribution in [1.82, 2.24) is 4.90 Å². The van der Waals surface area contributed by atoms with E-state index in [0.29, 0.717) is 0 Å². The van der Waals surface area contributed by atoms with Gasteiger partial charge < -0.3 is 10.2 Å². The second-order valence-corrected chi connectivity index (χ2v) is 5.16. The molecular formula is C15H24N2. The number of benzene rings is 1. The van der Waals surface area contributed by atoms with Crippen molar-refractivity contribution in [2.75, 3.05) is 25.5 Å². The molecule has 0 spiro atoms. The van der Waals surface area contributed by atoms with Crippen LogP contribution >= 0.6 is 0 Å². The Hall–Kier alpha value is -1.02. The third kappa shape index (κ3) is 3.47.